The first-order valence-corrected chi connectivity index (χ1v) is 6.32. The normalized spacial score (nSPS) is 10.4. The monoisotopic (exact) mass is 242 g/mol. The molecule has 0 radical (unpaired) electrons. The van der Waals surface area contributed by atoms with Crippen LogP contribution in [-0.2, 0) is 0 Å². The van der Waals surface area contributed by atoms with E-state index in [9.17, 15) is 0 Å². The average Bonchev–Trinajstić information content (AvgIpc) is 2.26. The minimum Gasteiger partial charge on any atom is -0.486 e. The maximum absolute atomic E-state index is 6.06. The number of unbranched alkanes of at least 4 members (excludes halogenated alkanes) is 1. The lowest BCUT2D eigenvalue weighted by Gasteiger charge is -2.07. The maximum Gasteiger partial charge on any atom is 0.138 e. The van der Waals surface area contributed by atoms with Gasteiger partial charge in [-0.1, -0.05) is 31.0 Å². The molecule has 0 aliphatic carbocycles. The summed E-state index contributed by atoms with van der Waals surface area (Å²) in [6.07, 6.45) is 2.52. The van der Waals surface area contributed by atoms with Crippen molar-refractivity contribution in [2.24, 2.45) is 0 Å². The fourth-order valence-electron chi connectivity index (χ4n) is 1.47. The van der Waals surface area contributed by atoms with Crippen molar-refractivity contribution in [3.63, 3.8) is 0 Å². The topological polar surface area (TPSA) is 25.8 Å². The van der Waals surface area contributed by atoms with E-state index >= 15 is 0 Å². The van der Waals surface area contributed by atoms with Crippen LogP contribution in [0.3, 0.4) is 0 Å². The highest BCUT2D eigenvalue weighted by molar-refractivity contribution is 6.32. The molecule has 0 fully saturated rings. The Morgan fingerprint density at radius 3 is 2.81 bits per heavy atom. The summed E-state index contributed by atoms with van der Waals surface area (Å²) in [4.78, 5) is 0. The fraction of sp³-hybridized carbons (Fsp3) is 0.538. The van der Waals surface area contributed by atoms with E-state index < -0.39 is 0 Å². The molecule has 0 atom stereocenters. The molecule has 0 heterocycles. The van der Waals surface area contributed by atoms with E-state index in [-0.39, 0.29) is 0 Å². The van der Waals surface area contributed by atoms with Crippen molar-refractivity contribution in [2.45, 2.75) is 26.7 Å². The summed E-state index contributed by atoms with van der Waals surface area (Å²) in [5.74, 6) is 0.788. The van der Waals surface area contributed by atoms with Gasteiger partial charge in [0.05, 0.1) is 11.6 Å². The number of benzene rings is 1. The van der Waals surface area contributed by atoms with Crippen LogP contribution in [0.1, 0.15) is 25.3 Å². The number of hydrogen-bond acceptors (Lipinski definition) is 1. The van der Waals surface area contributed by atoms with E-state index in [1.54, 1.807) is 0 Å². The maximum atomic E-state index is 6.06. The van der Waals surface area contributed by atoms with Crippen LogP contribution in [0.5, 0.6) is 5.75 Å². The molecule has 2 nitrogen and oxygen atoms in total. The summed E-state index contributed by atoms with van der Waals surface area (Å²) in [5.41, 5.74) is 1.16. The highest BCUT2D eigenvalue weighted by Crippen LogP contribution is 2.24. The Hall–Kier alpha value is -0.730. The molecular formula is C13H21ClNO+. The second-order valence-electron chi connectivity index (χ2n) is 4.00. The third-order valence-corrected chi connectivity index (χ3v) is 2.72. The van der Waals surface area contributed by atoms with Crippen molar-refractivity contribution < 1.29 is 10.1 Å². The molecule has 0 saturated carbocycles. The molecule has 90 valence electrons. The van der Waals surface area contributed by atoms with Crippen LogP contribution in [-0.4, -0.2) is 19.7 Å². The van der Waals surface area contributed by atoms with Gasteiger partial charge in [0.1, 0.15) is 18.9 Å². The molecule has 1 aromatic carbocycles. The molecule has 0 unspecified atom stereocenters. The summed E-state index contributed by atoms with van der Waals surface area (Å²) < 4.78 is 5.61. The highest BCUT2D eigenvalue weighted by Gasteiger charge is 2.01. The summed E-state index contributed by atoms with van der Waals surface area (Å²) in [5, 5.41) is 2.99. The Morgan fingerprint density at radius 2 is 2.12 bits per heavy atom. The zero-order valence-corrected chi connectivity index (χ0v) is 10.9. The lowest BCUT2D eigenvalue weighted by molar-refractivity contribution is -0.655. The Bertz CT molecular complexity index is 315. The standard InChI is InChI=1S/C13H20ClNO/c1-3-4-7-15-8-9-16-13-6-5-11(2)10-12(13)14/h5-6,10,15H,3-4,7-9H2,1-2H3/p+1. The van der Waals surface area contributed by atoms with Gasteiger partial charge in [-0.2, -0.15) is 0 Å². The first-order chi connectivity index (χ1) is 7.74. The molecule has 2 N–H and O–H groups in total. The number of hydrogen-bond donors (Lipinski definition) is 1. The van der Waals surface area contributed by atoms with Gasteiger partial charge in [-0.15, -0.1) is 0 Å². The lowest BCUT2D eigenvalue weighted by Crippen LogP contribution is -2.85. The second-order valence-corrected chi connectivity index (χ2v) is 4.41. The Labute approximate surface area is 103 Å². The minimum absolute atomic E-state index is 0.702. The zero-order chi connectivity index (χ0) is 11.8. The Balaban J connectivity index is 2.21. The molecule has 0 saturated heterocycles. The van der Waals surface area contributed by atoms with E-state index in [4.69, 9.17) is 16.3 Å². The van der Waals surface area contributed by atoms with E-state index in [0.29, 0.717) is 11.6 Å². The lowest BCUT2D eigenvalue weighted by atomic mass is 10.2. The van der Waals surface area contributed by atoms with Crippen molar-refractivity contribution >= 4 is 11.6 Å². The van der Waals surface area contributed by atoms with Gasteiger partial charge >= 0.3 is 0 Å². The first kappa shape index (κ1) is 13.3. The molecule has 0 aliphatic heterocycles. The summed E-state index contributed by atoms with van der Waals surface area (Å²) in [6.45, 7) is 7.11. The number of quaternary nitrogens is 1. The van der Waals surface area contributed by atoms with Crippen LogP contribution in [0.15, 0.2) is 18.2 Å². The summed E-state index contributed by atoms with van der Waals surface area (Å²) in [7, 11) is 0. The van der Waals surface area contributed by atoms with Crippen molar-refractivity contribution in [1.29, 1.82) is 0 Å². The van der Waals surface area contributed by atoms with Gasteiger partial charge < -0.3 is 10.1 Å². The second kappa shape index (κ2) is 7.53. The quantitative estimate of drug-likeness (QED) is 0.730. The molecule has 1 aromatic rings. The number of aryl methyl sites for hydroxylation is 1. The number of ether oxygens (including phenoxy) is 1. The predicted octanol–water partition coefficient (Wildman–Crippen LogP) is 2.39. The van der Waals surface area contributed by atoms with Crippen LogP contribution in [0.2, 0.25) is 5.02 Å². The Kier molecular flexibility index (Phi) is 6.27. The largest absolute Gasteiger partial charge is 0.486 e. The van der Waals surface area contributed by atoms with Gasteiger partial charge in [-0.3, -0.25) is 0 Å². The third kappa shape index (κ3) is 4.86. The van der Waals surface area contributed by atoms with Crippen molar-refractivity contribution in [3.8, 4) is 5.75 Å². The SMILES string of the molecule is CCCC[NH2+]CCOc1ccc(C)cc1Cl. The molecule has 0 amide bonds. The van der Waals surface area contributed by atoms with Crippen LogP contribution >= 0.6 is 11.6 Å². The summed E-state index contributed by atoms with van der Waals surface area (Å²) in [6, 6.07) is 5.88. The van der Waals surface area contributed by atoms with E-state index in [1.165, 1.54) is 19.4 Å². The smallest absolute Gasteiger partial charge is 0.138 e. The van der Waals surface area contributed by atoms with Crippen molar-refractivity contribution in [1.82, 2.24) is 0 Å². The Morgan fingerprint density at radius 1 is 1.31 bits per heavy atom. The van der Waals surface area contributed by atoms with E-state index in [0.717, 1.165) is 17.9 Å². The minimum atomic E-state index is 0.702. The number of halogens is 1. The third-order valence-electron chi connectivity index (χ3n) is 2.43. The van der Waals surface area contributed by atoms with Crippen molar-refractivity contribution in [2.75, 3.05) is 19.7 Å². The van der Waals surface area contributed by atoms with Crippen LogP contribution in [0, 0.1) is 6.92 Å². The predicted molar refractivity (Wildman–Crippen MR) is 68.3 cm³/mol. The van der Waals surface area contributed by atoms with Crippen molar-refractivity contribution in [3.05, 3.63) is 28.8 Å². The molecule has 16 heavy (non-hydrogen) atoms. The molecular weight excluding hydrogens is 222 g/mol. The molecule has 1 rings (SSSR count). The molecule has 3 heteroatoms. The van der Waals surface area contributed by atoms with Crippen LogP contribution < -0.4 is 10.1 Å². The number of nitrogens with two attached hydrogens (primary N) is 1. The van der Waals surface area contributed by atoms with Gasteiger partial charge in [-0.25, -0.2) is 0 Å². The van der Waals surface area contributed by atoms with Gasteiger partial charge in [0, 0.05) is 0 Å². The fourth-order valence-corrected chi connectivity index (χ4v) is 1.76. The van der Waals surface area contributed by atoms with E-state index in [1.807, 2.05) is 25.1 Å². The zero-order valence-electron chi connectivity index (χ0n) is 10.1. The van der Waals surface area contributed by atoms with Gasteiger partial charge in [-0.05, 0) is 31.0 Å². The van der Waals surface area contributed by atoms with Gasteiger partial charge in [0.15, 0.2) is 0 Å². The molecule has 0 aromatic heterocycles. The first-order valence-electron chi connectivity index (χ1n) is 5.94. The van der Waals surface area contributed by atoms with E-state index in [2.05, 4.69) is 12.2 Å². The van der Waals surface area contributed by atoms with Crippen LogP contribution in [0.4, 0.5) is 0 Å². The van der Waals surface area contributed by atoms with Gasteiger partial charge in [0.2, 0.25) is 0 Å². The number of rotatable bonds is 7. The average molecular weight is 243 g/mol. The van der Waals surface area contributed by atoms with Gasteiger partial charge in [0.25, 0.3) is 0 Å². The molecule has 0 bridgehead atoms. The summed E-state index contributed by atoms with van der Waals surface area (Å²) >= 11 is 6.06. The van der Waals surface area contributed by atoms with Crippen LogP contribution in [0.25, 0.3) is 0 Å². The molecule has 0 spiro atoms. The highest BCUT2D eigenvalue weighted by atomic mass is 35.5. The molecule has 0 aliphatic rings.